The molecule has 1 amide bonds. The number of hydrogen-bond acceptors (Lipinski definition) is 3. The van der Waals surface area contributed by atoms with Crippen molar-refractivity contribution < 1.29 is 4.79 Å². The first kappa shape index (κ1) is 19.1. The van der Waals surface area contributed by atoms with Crippen molar-refractivity contribution in [2.75, 3.05) is 0 Å². The van der Waals surface area contributed by atoms with Crippen molar-refractivity contribution in [3.05, 3.63) is 69.0 Å². The second-order valence-corrected chi connectivity index (χ2v) is 7.58. The Morgan fingerprint density at radius 1 is 1.11 bits per heavy atom. The van der Waals surface area contributed by atoms with Gasteiger partial charge in [0.25, 0.3) is 5.56 Å². The normalized spacial score (nSPS) is 22.4. The van der Waals surface area contributed by atoms with Gasteiger partial charge in [-0.3, -0.25) is 18.7 Å². The summed E-state index contributed by atoms with van der Waals surface area (Å²) in [5.74, 6) is 0.675. The molecule has 1 aromatic heterocycles. The van der Waals surface area contributed by atoms with Crippen LogP contribution in [0.5, 0.6) is 0 Å². The average molecular weight is 369 g/mol. The van der Waals surface area contributed by atoms with Gasteiger partial charge in [-0.05, 0) is 23.8 Å². The third kappa shape index (κ3) is 4.56. The smallest absolute Gasteiger partial charge is 0.331 e. The fourth-order valence-electron chi connectivity index (χ4n) is 3.78. The molecule has 0 spiro atoms. The second kappa shape index (κ2) is 8.37. The summed E-state index contributed by atoms with van der Waals surface area (Å²) in [7, 11) is 0. The van der Waals surface area contributed by atoms with Gasteiger partial charge in [0.05, 0.1) is 6.54 Å². The zero-order chi connectivity index (χ0) is 19.4. The summed E-state index contributed by atoms with van der Waals surface area (Å²) in [5, 5.41) is 3.02. The molecule has 27 heavy (non-hydrogen) atoms. The predicted octanol–water partition coefficient (Wildman–Crippen LogP) is 2.00. The molecule has 1 aliphatic rings. The molecular weight excluding hydrogens is 342 g/mol. The molecule has 0 unspecified atom stereocenters. The van der Waals surface area contributed by atoms with Gasteiger partial charge < -0.3 is 5.32 Å². The number of benzene rings is 1. The van der Waals surface area contributed by atoms with E-state index < -0.39 is 11.2 Å². The van der Waals surface area contributed by atoms with Crippen LogP contribution in [-0.2, 0) is 17.9 Å². The third-order valence-electron chi connectivity index (χ3n) is 5.69. The Labute approximate surface area is 158 Å². The van der Waals surface area contributed by atoms with E-state index >= 15 is 0 Å². The van der Waals surface area contributed by atoms with Crippen LogP contribution in [0.4, 0.5) is 0 Å². The molecule has 0 saturated heterocycles. The maximum Gasteiger partial charge on any atom is 0.331 e. The van der Waals surface area contributed by atoms with E-state index in [1.165, 1.54) is 23.3 Å². The maximum atomic E-state index is 12.7. The highest BCUT2D eigenvalue weighted by molar-refractivity contribution is 5.76. The molecule has 1 aliphatic carbocycles. The van der Waals surface area contributed by atoms with Gasteiger partial charge in [0.2, 0.25) is 5.91 Å². The summed E-state index contributed by atoms with van der Waals surface area (Å²) in [6.07, 6.45) is 4.69. The second-order valence-electron chi connectivity index (χ2n) is 7.58. The summed E-state index contributed by atoms with van der Waals surface area (Å²) in [6, 6.07) is 11.0. The van der Waals surface area contributed by atoms with Crippen LogP contribution < -0.4 is 16.6 Å². The van der Waals surface area contributed by atoms with Crippen molar-refractivity contribution in [1.82, 2.24) is 14.5 Å². The van der Waals surface area contributed by atoms with Crippen molar-refractivity contribution in [3.8, 4) is 0 Å². The maximum absolute atomic E-state index is 12.7. The standard InChI is InChI=1S/C21H27N3O3/c1-15-7-6-10-18(16(15)2)22-19(25)14-24-20(26)11-12-23(21(24)27)13-17-8-4-3-5-9-17/h3-5,8-9,11-12,15-16,18H,6-7,10,13-14H2,1-2H3,(H,22,25)/t15-,16+,18-/m1/s1. The first-order chi connectivity index (χ1) is 13.0. The molecule has 1 heterocycles. The minimum atomic E-state index is -0.466. The van der Waals surface area contributed by atoms with Crippen LogP contribution in [0.1, 0.15) is 38.7 Å². The van der Waals surface area contributed by atoms with Gasteiger partial charge in [-0.15, -0.1) is 0 Å². The number of carbonyl (C=O) groups is 1. The lowest BCUT2D eigenvalue weighted by Gasteiger charge is -2.34. The Kier molecular flexibility index (Phi) is 5.94. The fraction of sp³-hybridized carbons (Fsp3) is 0.476. The zero-order valence-electron chi connectivity index (χ0n) is 15.9. The monoisotopic (exact) mass is 369 g/mol. The average Bonchev–Trinajstić information content (AvgIpc) is 2.66. The first-order valence-electron chi connectivity index (χ1n) is 9.59. The lowest BCUT2D eigenvalue weighted by atomic mass is 9.78. The largest absolute Gasteiger partial charge is 0.352 e. The Hall–Kier alpha value is -2.63. The topological polar surface area (TPSA) is 73.1 Å². The highest BCUT2D eigenvalue weighted by Crippen LogP contribution is 2.29. The van der Waals surface area contributed by atoms with Gasteiger partial charge in [-0.1, -0.05) is 57.0 Å². The number of rotatable bonds is 5. The molecule has 144 valence electrons. The Balaban J connectivity index is 1.74. The quantitative estimate of drug-likeness (QED) is 0.876. The highest BCUT2D eigenvalue weighted by Gasteiger charge is 2.28. The molecule has 3 atom stereocenters. The summed E-state index contributed by atoms with van der Waals surface area (Å²) < 4.78 is 2.46. The number of hydrogen-bond donors (Lipinski definition) is 1. The van der Waals surface area contributed by atoms with Crippen LogP contribution in [0.3, 0.4) is 0 Å². The van der Waals surface area contributed by atoms with Gasteiger partial charge in [-0.25, -0.2) is 4.79 Å². The Bertz CT molecular complexity index is 901. The van der Waals surface area contributed by atoms with E-state index in [2.05, 4.69) is 19.2 Å². The van der Waals surface area contributed by atoms with Crippen LogP contribution in [-0.4, -0.2) is 21.1 Å². The lowest BCUT2D eigenvalue weighted by Crippen LogP contribution is -2.48. The zero-order valence-corrected chi connectivity index (χ0v) is 15.9. The van der Waals surface area contributed by atoms with E-state index in [1.807, 2.05) is 30.3 Å². The minimum absolute atomic E-state index is 0.104. The summed E-state index contributed by atoms with van der Waals surface area (Å²) in [6.45, 7) is 4.47. The van der Waals surface area contributed by atoms with Gasteiger partial charge in [0.15, 0.2) is 0 Å². The van der Waals surface area contributed by atoms with Crippen molar-refractivity contribution in [3.63, 3.8) is 0 Å². The summed E-state index contributed by atoms with van der Waals surface area (Å²) >= 11 is 0. The van der Waals surface area contributed by atoms with Crippen LogP contribution in [0.15, 0.2) is 52.2 Å². The summed E-state index contributed by atoms with van der Waals surface area (Å²) in [4.78, 5) is 37.3. The molecule has 2 aromatic rings. The molecule has 0 aliphatic heterocycles. The Morgan fingerprint density at radius 2 is 1.85 bits per heavy atom. The SMILES string of the molecule is C[C@H]1[C@H](C)CCC[C@H]1NC(=O)Cn1c(=O)ccn(Cc2ccccc2)c1=O. The van der Waals surface area contributed by atoms with E-state index in [-0.39, 0.29) is 18.5 Å². The molecule has 6 heteroatoms. The number of carbonyl (C=O) groups excluding carboxylic acids is 1. The van der Waals surface area contributed by atoms with Gasteiger partial charge in [-0.2, -0.15) is 0 Å². The lowest BCUT2D eigenvalue weighted by molar-refractivity contribution is -0.123. The number of amides is 1. The molecule has 1 fully saturated rings. The van der Waals surface area contributed by atoms with Crippen molar-refractivity contribution in [2.24, 2.45) is 11.8 Å². The molecule has 1 aromatic carbocycles. The van der Waals surface area contributed by atoms with Crippen LogP contribution in [0.2, 0.25) is 0 Å². The van der Waals surface area contributed by atoms with E-state index in [9.17, 15) is 14.4 Å². The van der Waals surface area contributed by atoms with E-state index in [0.717, 1.165) is 23.0 Å². The van der Waals surface area contributed by atoms with E-state index in [4.69, 9.17) is 0 Å². The molecule has 1 saturated carbocycles. The molecule has 3 rings (SSSR count). The highest BCUT2D eigenvalue weighted by atomic mass is 16.2. The van der Waals surface area contributed by atoms with Gasteiger partial charge in [0.1, 0.15) is 6.54 Å². The number of nitrogens with zero attached hydrogens (tertiary/aromatic N) is 2. The van der Waals surface area contributed by atoms with Crippen molar-refractivity contribution >= 4 is 5.91 Å². The van der Waals surface area contributed by atoms with Crippen molar-refractivity contribution in [2.45, 2.75) is 52.2 Å². The Morgan fingerprint density at radius 3 is 2.59 bits per heavy atom. The molecule has 0 bridgehead atoms. The van der Waals surface area contributed by atoms with Gasteiger partial charge >= 0.3 is 5.69 Å². The van der Waals surface area contributed by atoms with E-state index in [1.54, 1.807) is 0 Å². The van der Waals surface area contributed by atoms with Crippen LogP contribution >= 0.6 is 0 Å². The third-order valence-corrected chi connectivity index (χ3v) is 5.69. The summed E-state index contributed by atoms with van der Waals surface area (Å²) in [5.41, 5.74) is 0.0374. The first-order valence-corrected chi connectivity index (χ1v) is 9.59. The van der Waals surface area contributed by atoms with Crippen LogP contribution in [0, 0.1) is 11.8 Å². The minimum Gasteiger partial charge on any atom is -0.352 e. The van der Waals surface area contributed by atoms with Crippen LogP contribution in [0.25, 0.3) is 0 Å². The molecule has 1 N–H and O–H groups in total. The molecule has 6 nitrogen and oxygen atoms in total. The number of nitrogens with one attached hydrogen (secondary N) is 1. The number of aromatic nitrogens is 2. The molecule has 0 radical (unpaired) electrons. The fourth-order valence-corrected chi connectivity index (χ4v) is 3.78. The predicted molar refractivity (Wildman–Crippen MR) is 105 cm³/mol. The van der Waals surface area contributed by atoms with Crippen molar-refractivity contribution in [1.29, 1.82) is 0 Å². The van der Waals surface area contributed by atoms with E-state index in [0.29, 0.717) is 18.4 Å². The van der Waals surface area contributed by atoms with Gasteiger partial charge in [0, 0.05) is 18.3 Å². The molecular formula is C21H27N3O3.